The first-order valence-electron chi connectivity index (χ1n) is 10.6. The van der Waals surface area contributed by atoms with Crippen molar-refractivity contribution in [2.24, 2.45) is 0 Å². The number of phosphoric ester groups is 1. The first-order valence-corrected chi connectivity index (χ1v) is 13.3. The molecule has 0 radical (unpaired) electrons. The van der Waals surface area contributed by atoms with Crippen LogP contribution < -0.4 is 10.2 Å². The third-order valence-electron chi connectivity index (χ3n) is 5.50. The van der Waals surface area contributed by atoms with Gasteiger partial charge in [-0.25, -0.2) is 9.55 Å². The molecule has 2 aromatic heterocycles. The highest BCUT2D eigenvalue weighted by molar-refractivity contribution is 7.46. The van der Waals surface area contributed by atoms with Crippen LogP contribution in [0.5, 0.6) is 0 Å². The Hall–Kier alpha value is -1.68. The number of imidazole rings is 1. The van der Waals surface area contributed by atoms with Crippen LogP contribution in [0, 0.1) is 0 Å². The number of aliphatic hydroxyl groups is 2. The van der Waals surface area contributed by atoms with Crippen LogP contribution in [0.1, 0.15) is 41.6 Å². The number of aryl methyl sites for hydroxylation is 1. The van der Waals surface area contributed by atoms with E-state index in [2.05, 4.69) is 25.0 Å². The zero-order valence-corrected chi connectivity index (χ0v) is 21.8. The lowest BCUT2D eigenvalue weighted by Crippen LogP contribution is -2.55. The maximum Gasteiger partial charge on any atom is 0.471 e. The van der Waals surface area contributed by atoms with Gasteiger partial charge >= 0.3 is 7.82 Å². The molecule has 0 bridgehead atoms. The van der Waals surface area contributed by atoms with Crippen molar-refractivity contribution in [1.29, 1.82) is 0 Å². The zero-order valence-electron chi connectivity index (χ0n) is 19.3. The van der Waals surface area contributed by atoms with E-state index in [9.17, 15) is 19.6 Å². The minimum absolute atomic E-state index is 0.0510. The molecule has 1 saturated heterocycles. The lowest BCUT2D eigenvalue weighted by molar-refractivity contribution is -0.00294. The normalized spacial score (nSPS) is 20.6. The highest BCUT2D eigenvalue weighted by atomic mass is 35.5. The molecule has 14 nitrogen and oxygen atoms in total. The highest BCUT2D eigenvalue weighted by Crippen LogP contribution is 2.37. The minimum atomic E-state index is -4.80. The molecular weight excluding hydrogens is 527 g/mol. The number of nitrogens with one attached hydrogen (secondary N) is 1. The second-order valence-electron chi connectivity index (χ2n) is 8.11. The van der Waals surface area contributed by atoms with E-state index >= 15 is 0 Å². The molecule has 1 aliphatic heterocycles. The van der Waals surface area contributed by atoms with Gasteiger partial charge in [0.2, 0.25) is 11.0 Å². The van der Waals surface area contributed by atoms with Crippen LogP contribution in [0.3, 0.4) is 0 Å². The lowest BCUT2D eigenvalue weighted by Gasteiger charge is -2.37. The summed E-state index contributed by atoms with van der Waals surface area (Å²) in [6, 6.07) is -0.409. The molecule has 1 fully saturated rings. The summed E-state index contributed by atoms with van der Waals surface area (Å²) in [7, 11) is -3.29. The number of carbonyl (C=O) groups is 1. The summed E-state index contributed by atoms with van der Waals surface area (Å²) in [5, 5.41) is 31.4. The van der Waals surface area contributed by atoms with Gasteiger partial charge in [-0.1, -0.05) is 29.9 Å². The van der Waals surface area contributed by atoms with Gasteiger partial charge in [-0.2, -0.15) is 0 Å². The van der Waals surface area contributed by atoms with E-state index in [0.717, 1.165) is 15.9 Å². The number of hydrogen-bond acceptors (Lipinski definition) is 11. The minimum Gasteiger partial charge on any atom is -0.393 e. The molecule has 0 unspecified atom stereocenters. The molecule has 1 amide bonds. The average molecular weight is 555 g/mol. The molecule has 196 valence electrons. The number of aromatic nitrogens is 4. The zero-order chi connectivity index (χ0) is 26.0. The summed E-state index contributed by atoms with van der Waals surface area (Å²) in [6.45, 7) is 2.95. The molecule has 0 aliphatic carbocycles. The van der Waals surface area contributed by atoms with Crippen molar-refractivity contribution in [2.45, 2.75) is 51.2 Å². The van der Waals surface area contributed by atoms with Gasteiger partial charge in [0.05, 0.1) is 24.4 Å². The van der Waals surface area contributed by atoms with Crippen LogP contribution in [0.25, 0.3) is 0 Å². The Morgan fingerprint density at radius 2 is 2.11 bits per heavy atom. The van der Waals surface area contributed by atoms with Gasteiger partial charge in [0.1, 0.15) is 17.5 Å². The fourth-order valence-corrected chi connectivity index (χ4v) is 4.97. The Morgan fingerprint density at radius 1 is 1.40 bits per heavy atom. The highest BCUT2D eigenvalue weighted by Gasteiger charge is 2.35. The van der Waals surface area contributed by atoms with Gasteiger partial charge in [0.25, 0.3) is 5.91 Å². The van der Waals surface area contributed by atoms with E-state index < -0.39 is 44.8 Å². The maximum atomic E-state index is 13.1. The van der Waals surface area contributed by atoms with Gasteiger partial charge in [0, 0.05) is 20.2 Å². The SMILES string of the molecule is CCc1nc(C(=O)N[C@@H]2CCN(c3nnc([C@](C)(O)CO)s3)C[C@@H]2OC)n(COP(=O)(O)O)c1Cl. The van der Waals surface area contributed by atoms with Crippen molar-refractivity contribution in [3.63, 3.8) is 0 Å². The number of halogens is 1. The Morgan fingerprint density at radius 3 is 2.71 bits per heavy atom. The summed E-state index contributed by atoms with van der Waals surface area (Å²) in [5.41, 5.74) is -1.11. The summed E-state index contributed by atoms with van der Waals surface area (Å²) in [4.78, 5) is 37.2. The van der Waals surface area contributed by atoms with Gasteiger partial charge in [-0.05, 0) is 19.8 Å². The summed E-state index contributed by atoms with van der Waals surface area (Å²) < 4.78 is 22.3. The second kappa shape index (κ2) is 11.2. The molecule has 3 heterocycles. The van der Waals surface area contributed by atoms with Gasteiger partial charge in [-0.3, -0.25) is 13.9 Å². The molecule has 3 atom stereocenters. The molecule has 1 aliphatic rings. The van der Waals surface area contributed by atoms with E-state index in [1.807, 2.05) is 4.90 Å². The topological polar surface area (TPSA) is 192 Å². The third kappa shape index (κ3) is 6.56. The van der Waals surface area contributed by atoms with E-state index in [1.54, 1.807) is 6.92 Å². The molecule has 3 rings (SSSR count). The molecule has 0 spiro atoms. The largest absolute Gasteiger partial charge is 0.471 e. The number of methoxy groups -OCH3 is 1. The fourth-order valence-electron chi connectivity index (χ4n) is 3.49. The summed E-state index contributed by atoms with van der Waals surface area (Å²) in [6.07, 6.45) is 0.437. The molecule has 5 N–H and O–H groups in total. The number of rotatable bonds is 10. The third-order valence-corrected chi connectivity index (χ3v) is 7.61. The monoisotopic (exact) mass is 554 g/mol. The average Bonchev–Trinajstić information content (AvgIpc) is 3.43. The molecule has 17 heteroatoms. The fraction of sp³-hybridized carbons (Fsp3) is 0.667. The molecule has 0 aromatic carbocycles. The number of amides is 1. The van der Waals surface area contributed by atoms with Crippen LogP contribution >= 0.6 is 30.8 Å². The van der Waals surface area contributed by atoms with E-state index in [1.165, 1.54) is 14.0 Å². The number of ether oxygens (including phenoxy) is 1. The predicted octanol–water partition coefficient (Wildman–Crippen LogP) is 0.241. The summed E-state index contributed by atoms with van der Waals surface area (Å²) in [5.74, 6) is -0.740. The smallest absolute Gasteiger partial charge is 0.393 e. The van der Waals surface area contributed by atoms with Crippen LogP contribution in [0.2, 0.25) is 5.15 Å². The number of carbonyl (C=O) groups excluding carboxylic acids is 1. The predicted molar refractivity (Wildman–Crippen MR) is 125 cm³/mol. The molecule has 35 heavy (non-hydrogen) atoms. The Balaban J connectivity index is 1.72. The molecule has 0 saturated carbocycles. The molecular formula is C18H28ClN6O8PS. The van der Waals surface area contributed by atoms with Crippen LogP contribution in [0.15, 0.2) is 0 Å². The van der Waals surface area contributed by atoms with Gasteiger partial charge in [-0.15, -0.1) is 10.2 Å². The van der Waals surface area contributed by atoms with E-state index in [-0.39, 0.29) is 16.0 Å². The van der Waals surface area contributed by atoms with Crippen molar-refractivity contribution in [1.82, 2.24) is 25.1 Å². The number of nitrogens with zero attached hydrogens (tertiary/aromatic N) is 5. The van der Waals surface area contributed by atoms with E-state index in [4.69, 9.17) is 26.1 Å². The van der Waals surface area contributed by atoms with Crippen molar-refractivity contribution >= 4 is 41.8 Å². The number of piperidine rings is 1. The first kappa shape index (κ1) is 27.9. The van der Waals surface area contributed by atoms with Crippen molar-refractivity contribution in [3.05, 3.63) is 21.7 Å². The van der Waals surface area contributed by atoms with Crippen LogP contribution in [0.4, 0.5) is 5.13 Å². The van der Waals surface area contributed by atoms with Gasteiger partial charge in [0.15, 0.2) is 5.01 Å². The Bertz CT molecular complexity index is 1090. The van der Waals surface area contributed by atoms with Crippen molar-refractivity contribution in [2.75, 3.05) is 31.7 Å². The van der Waals surface area contributed by atoms with E-state index in [0.29, 0.717) is 36.8 Å². The number of hydrogen-bond donors (Lipinski definition) is 5. The number of anilines is 1. The second-order valence-corrected chi connectivity index (χ2v) is 10.7. The number of aliphatic hydroxyl groups excluding tert-OH is 1. The Labute approximate surface area is 210 Å². The van der Waals surface area contributed by atoms with Crippen LogP contribution in [-0.4, -0.2) is 84.6 Å². The number of phosphoric acid groups is 1. The quantitative estimate of drug-likeness (QED) is 0.252. The first-order chi connectivity index (χ1) is 16.4. The van der Waals surface area contributed by atoms with Crippen LogP contribution in [-0.2, 0) is 32.6 Å². The van der Waals surface area contributed by atoms with Crippen molar-refractivity contribution in [3.8, 4) is 0 Å². The standard InChI is InChI=1S/C18H28ClN6O8PS/c1-4-10-13(19)25(9-33-34(29,30)31)14(20-10)15(27)21-11-5-6-24(7-12(11)32-3)17-23-22-16(35-17)18(2,28)8-26/h11-12,26,28H,4-9H2,1-3H3,(H,21,27)(H2,29,30,31)/t11-,12+,18-/m1/s1. The maximum absolute atomic E-state index is 13.1. The molecule has 2 aromatic rings. The summed E-state index contributed by atoms with van der Waals surface area (Å²) >= 11 is 7.40. The van der Waals surface area contributed by atoms with Gasteiger partial charge < -0.3 is 35.0 Å². The van der Waals surface area contributed by atoms with Crippen molar-refractivity contribution < 1.29 is 38.6 Å². The Kier molecular flexibility index (Phi) is 8.89. The lowest BCUT2D eigenvalue weighted by atomic mass is 10.0.